The van der Waals surface area contributed by atoms with Crippen molar-refractivity contribution >= 4 is 27.8 Å². The van der Waals surface area contributed by atoms with Gasteiger partial charge in [0.15, 0.2) is 0 Å². The van der Waals surface area contributed by atoms with E-state index in [4.69, 9.17) is 0 Å². The zero-order chi connectivity index (χ0) is 46.3. The minimum Gasteiger partial charge on any atom is -0.311 e. The largest absolute Gasteiger partial charge is 0.311 e. The molecule has 0 saturated heterocycles. The Morgan fingerprint density at radius 1 is 0.271 bits per heavy atom. The molecule has 0 atom stereocenters. The van der Waals surface area contributed by atoms with Gasteiger partial charge >= 0.3 is 0 Å². The van der Waals surface area contributed by atoms with E-state index < -0.39 is 24.2 Å². The lowest BCUT2D eigenvalue weighted by molar-refractivity contribution is 1.28. The average Bonchev–Trinajstić information content (AvgIpc) is 3.38. The van der Waals surface area contributed by atoms with E-state index in [1.165, 1.54) is 4.90 Å². The van der Waals surface area contributed by atoms with Crippen LogP contribution in [-0.2, 0) is 0 Å². The van der Waals surface area contributed by atoms with Crippen molar-refractivity contribution in [2.75, 3.05) is 4.90 Å². The highest BCUT2D eigenvalue weighted by Crippen LogP contribution is 2.42. The number of rotatable bonds is 9. The van der Waals surface area contributed by atoms with E-state index in [2.05, 4.69) is 0 Å². The van der Waals surface area contributed by atoms with Gasteiger partial charge < -0.3 is 4.90 Å². The predicted molar refractivity (Wildman–Crippen MR) is 251 cm³/mol. The number of nitrogens with zero attached hydrogens (tertiary/aromatic N) is 1. The second-order valence-corrected chi connectivity index (χ2v) is 14.3. The standard InChI is InChI=1S/C58H41N/c1-5-15-42(16-6-1)43-25-33-51(34-26-43)59(53-37-29-48(30-38-53)56-40-31-47-21-13-14-24-55(47)58(56)49-22-11-4-12-23-49)52-35-27-44(28-36-52)50-32-39-54(45-17-7-2-8-18-45)57(41-50)46-19-9-3-10-20-46/h1-41H/i27D,28D,29D,30D,35D,36D,37D,38D. The molecule has 0 saturated carbocycles. The van der Waals surface area contributed by atoms with E-state index >= 15 is 0 Å². The van der Waals surface area contributed by atoms with Gasteiger partial charge in [0.1, 0.15) is 0 Å². The Morgan fingerprint density at radius 3 is 1.34 bits per heavy atom. The molecule has 0 aliphatic rings. The summed E-state index contributed by atoms with van der Waals surface area (Å²) >= 11 is 0. The maximum absolute atomic E-state index is 9.74. The Kier molecular flexibility index (Phi) is 7.54. The lowest BCUT2D eigenvalue weighted by atomic mass is 9.90. The van der Waals surface area contributed by atoms with Crippen LogP contribution in [0.3, 0.4) is 0 Å². The van der Waals surface area contributed by atoms with E-state index in [9.17, 15) is 11.0 Å². The van der Waals surface area contributed by atoms with Crippen molar-refractivity contribution < 1.29 is 11.0 Å². The molecule has 0 aromatic heterocycles. The Bertz CT molecular complexity index is 3410. The molecule has 278 valence electrons. The zero-order valence-electron chi connectivity index (χ0n) is 40.0. The van der Waals surface area contributed by atoms with Crippen molar-refractivity contribution in [3.05, 3.63) is 249 Å². The molecule has 0 bridgehead atoms. The summed E-state index contributed by atoms with van der Waals surface area (Å²) < 4.78 is 77.4. The Morgan fingerprint density at radius 2 is 0.729 bits per heavy atom. The first-order valence-electron chi connectivity index (χ1n) is 23.6. The lowest BCUT2D eigenvalue weighted by Gasteiger charge is -2.26. The van der Waals surface area contributed by atoms with Crippen molar-refractivity contribution in [2.24, 2.45) is 0 Å². The van der Waals surface area contributed by atoms with Crippen LogP contribution in [0.15, 0.2) is 249 Å². The lowest BCUT2D eigenvalue weighted by Crippen LogP contribution is -2.09. The molecule has 1 heteroatoms. The average molecular weight is 760 g/mol. The summed E-state index contributed by atoms with van der Waals surface area (Å²) in [5.74, 6) is 0. The summed E-state index contributed by atoms with van der Waals surface area (Å²) in [6.45, 7) is 0. The molecule has 10 aromatic rings. The fourth-order valence-corrected chi connectivity index (χ4v) is 7.74. The molecule has 0 radical (unpaired) electrons. The van der Waals surface area contributed by atoms with Crippen LogP contribution in [0.5, 0.6) is 0 Å². The van der Waals surface area contributed by atoms with Crippen molar-refractivity contribution in [3.8, 4) is 66.8 Å². The molecule has 0 aliphatic heterocycles. The second-order valence-electron chi connectivity index (χ2n) is 14.3. The first kappa shape index (κ1) is 27.8. The highest BCUT2D eigenvalue weighted by Gasteiger charge is 2.17. The number of hydrogen-bond acceptors (Lipinski definition) is 1. The third kappa shape index (κ3) is 7.23. The number of anilines is 3. The maximum atomic E-state index is 9.74. The molecule has 0 N–H and O–H groups in total. The summed E-state index contributed by atoms with van der Waals surface area (Å²) in [5, 5.41) is 1.85. The molecule has 0 fully saturated rings. The summed E-state index contributed by atoms with van der Waals surface area (Å²) in [4.78, 5) is 1.36. The van der Waals surface area contributed by atoms with E-state index in [1.807, 2.05) is 188 Å². The van der Waals surface area contributed by atoms with E-state index in [0.717, 1.165) is 55.3 Å². The normalized spacial score (nSPS) is 12.9. The van der Waals surface area contributed by atoms with Gasteiger partial charge in [-0.1, -0.05) is 206 Å². The topological polar surface area (TPSA) is 3.24 Å². The van der Waals surface area contributed by atoms with Gasteiger partial charge in [-0.15, -0.1) is 0 Å². The minimum atomic E-state index is -0.404. The number of fused-ring (bicyclic) bond motifs is 1. The molecule has 10 rings (SSSR count). The van der Waals surface area contributed by atoms with E-state index in [0.29, 0.717) is 16.8 Å². The molecule has 1 nitrogen and oxygen atoms in total. The van der Waals surface area contributed by atoms with Crippen LogP contribution in [0.4, 0.5) is 17.1 Å². The van der Waals surface area contributed by atoms with Crippen LogP contribution in [0.1, 0.15) is 11.0 Å². The third-order valence-electron chi connectivity index (χ3n) is 10.6. The SMILES string of the molecule is [2H]c1c([2H])c(N(c2ccc(-c3ccccc3)cc2)c2c([2H])c([2H])c(-c3ccc4ccccc4c3-c3ccccc3)c([2H])c2[2H])c([2H])c([2H])c1-c1ccc(-c2ccccc2)c(-c2ccccc2)c1. The van der Waals surface area contributed by atoms with Crippen LogP contribution >= 0.6 is 0 Å². The Labute approximate surface area is 358 Å². The summed E-state index contributed by atoms with van der Waals surface area (Å²) in [6, 6.07) is 60.8. The third-order valence-corrected chi connectivity index (χ3v) is 10.6. The Balaban J connectivity index is 1.20. The molecule has 0 unspecified atom stereocenters. The first-order valence-corrected chi connectivity index (χ1v) is 19.6. The van der Waals surface area contributed by atoms with Crippen molar-refractivity contribution in [2.45, 2.75) is 0 Å². The van der Waals surface area contributed by atoms with E-state index in [-0.39, 0.29) is 46.7 Å². The van der Waals surface area contributed by atoms with Gasteiger partial charge in [-0.25, -0.2) is 0 Å². The summed E-state index contributed by atoms with van der Waals surface area (Å²) in [5.41, 5.74) is 8.26. The van der Waals surface area contributed by atoms with Crippen LogP contribution in [-0.4, -0.2) is 0 Å². The molecular formula is C58H41N. The van der Waals surface area contributed by atoms with Crippen LogP contribution in [0, 0.1) is 0 Å². The van der Waals surface area contributed by atoms with Crippen LogP contribution in [0.25, 0.3) is 77.5 Å². The molecule has 0 heterocycles. The van der Waals surface area contributed by atoms with Gasteiger partial charge in [0.2, 0.25) is 0 Å². The monoisotopic (exact) mass is 759 g/mol. The smallest absolute Gasteiger partial charge is 0.0645 e. The zero-order valence-corrected chi connectivity index (χ0v) is 32.0. The van der Waals surface area contributed by atoms with Crippen molar-refractivity contribution in [1.82, 2.24) is 0 Å². The Hall–Kier alpha value is -7.74. The summed E-state index contributed by atoms with van der Waals surface area (Å²) in [7, 11) is 0. The molecule has 0 aliphatic carbocycles. The van der Waals surface area contributed by atoms with Gasteiger partial charge in [0.05, 0.1) is 11.0 Å². The highest BCUT2D eigenvalue weighted by molar-refractivity contribution is 6.04. The number of benzene rings is 10. The van der Waals surface area contributed by atoms with Gasteiger partial charge in [-0.2, -0.15) is 0 Å². The second kappa shape index (κ2) is 16.0. The first-order chi connectivity index (χ1) is 32.6. The molecule has 0 amide bonds. The van der Waals surface area contributed by atoms with Crippen molar-refractivity contribution in [3.63, 3.8) is 0 Å². The van der Waals surface area contributed by atoms with Gasteiger partial charge in [0, 0.05) is 17.1 Å². The minimum absolute atomic E-state index is 0.0922. The van der Waals surface area contributed by atoms with Gasteiger partial charge in [0.25, 0.3) is 0 Å². The maximum Gasteiger partial charge on any atom is 0.0645 e. The van der Waals surface area contributed by atoms with Crippen molar-refractivity contribution in [1.29, 1.82) is 0 Å². The van der Waals surface area contributed by atoms with Crippen LogP contribution in [0.2, 0.25) is 0 Å². The summed E-state index contributed by atoms with van der Waals surface area (Å²) in [6.07, 6.45) is 0. The molecular weight excluding hydrogens is 711 g/mol. The van der Waals surface area contributed by atoms with Gasteiger partial charge in [-0.05, 0) is 120 Å². The molecule has 0 spiro atoms. The van der Waals surface area contributed by atoms with Gasteiger partial charge in [-0.3, -0.25) is 0 Å². The van der Waals surface area contributed by atoms with Crippen LogP contribution < -0.4 is 4.90 Å². The molecule has 10 aromatic carbocycles. The highest BCUT2D eigenvalue weighted by atomic mass is 15.1. The fraction of sp³-hybridized carbons (Fsp3) is 0. The predicted octanol–water partition coefficient (Wildman–Crippen LogP) is 16.3. The number of hydrogen-bond donors (Lipinski definition) is 0. The fourth-order valence-electron chi connectivity index (χ4n) is 7.74. The molecule has 59 heavy (non-hydrogen) atoms. The van der Waals surface area contributed by atoms with E-state index in [1.54, 1.807) is 12.1 Å². The quantitative estimate of drug-likeness (QED) is 0.142.